The van der Waals surface area contributed by atoms with Crippen LogP contribution in [0.5, 0.6) is 0 Å². The normalized spacial score (nSPS) is 10.9. The Labute approximate surface area is 122 Å². The first kappa shape index (κ1) is 13.1. The van der Waals surface area contributed by atoms with Crippen molar-refractivity contribution < 1.29 is 0 Å². The van der Waals surface area contributed by atoms with Gasteiger partial charge in [0.05, 0.1) is 5.39 Å². The summed E-state index contributed by atoms with van der Waals surface area (Å²) in [6, 6.07) is 6.55. The van der Waals surface area contributed by atoms with Gasteiger partial charge in [0.15, 0.2) is 0 Å². The van der Waals surface area contributed by atoms with E-state index in [0.29, 0.717) is 0 Å². The van der Waals surface area contributed by atoms with Gasteiger partial charge >= 0.3 is 0 Å². The van der Waals surface area contributed by atoms with Crippen molar-refractivity contribution in [1.82, 2.24) is 9.97 Å². The fourth-order valence-electron chi connectivity index (χ4n) is 2.25. The Balaban J connectivity index is 1.86. The van der Waals surface area contributed by atoms with Gasteiger partial charge in [-0.05, 0) is 48.4 Å². The molecule has 3 aromatic rings. The Morgan fingerprint density at radius 3 is 2.70 bits per heavy atom. The zero-order chi connectivity index (χ0) is 14.1. The Kier molecular flexibility index (Phi) is 3.40. The van der Waals surface area contributed by atoms with E-state index in [1.54, 1.807) is 17.7 Å². The lowest BCUT2D eigenvalue weighted by atomic mass is 10.1. The lowest BCUT2D eigenvalue weighted by Crippen LogP contribution is -2.02. The van der Waals surface area contributed by atoms with Crippen LogP contribution in [0.3, 0.4) is 0 Å². The first-order valence-corrected chi connectivity index (χ1v) is 7.52. The minimum atomic E-state index is 0.780. The molecule has 0 spiro atoms. The van der Waals surface area contributed by atoms with Gasteiger partial charge in [0.2, 0.25) is 0 Å². The molecule has 0 radical (unpaired) electrons. The van der Waals surface area contributed by atoms with Crippen molar-refractivity contribution in [2.75, 3.05) is 5.32 Å². The summed E-state index contributed by atoms with van der Waals surface area (Å²) in [6.45, 7) is 7.16. The standard InChI is InChI=1S/C16H17N3S/c1-10-4-5-13(6-11(10)2)7-17-15-14-12(3)8-20-16(14)19-9-18-15/h4-6,8-9H,7H2,1-3H3,(H,17,18,19). The number of benzene rings is 1. The summed E-state index contributed by atoms with van der Waals surface area (Å²) in [5.74, 6) is 0.923. The highest BCUT2D eigenvalue weighted by atomic mass is 32.1. The molecule has 2 heterocycles. The summed E-state index contributed by atoms with van der Waals surface area (Å²) in [6.07, 6.45) is 1.63. The summed E-state index contributed by atoms with van der Waals surface area (Å²) in [4.78, 5) is 9.73. The second-order valence-electron chi connectivity index (χ2n) is 5.09. The van der Waals surface area contributed by atoms with Crippen LogP contribution in [0.15, 0.2) is 29.9 Å². The molecule has 0 saturated heterocycles. The molecule has 0 unspecified atom stereocenters. The van der Waals surface area contributed by atoms with Gasteiger partial charge < -0.3 is 5.32 Å². The van der Waals surface area contributed by atoms with E-state index < -0.39 is 0 Å². The Morgan fingerprint density at radius 2 is 1.90 bits per heavy atom. The molecule has 0 aliphatic rings. The molecule has 0 bridgehead atoms. The van der Waals surface area contributed by atoms with Crippen LogP contribution in [0.1, 0.15) is 22.3 Å². The van der Waals surface area contributed by atoms with E-state index in [1.165, 1.54) is 22.3 Å². The van der Waals surface area contributed by atoms with Gasteiger partial charge in [-0.1, -0.05) is 18.2 Å². The van der Waals surface area contributed by atoms with Crippen molar-refractivity contribution >= 4 is 27.4 Å². The third-order valence-electron chi connectivity index (χ3n) is 3.59. The lowest BCUT2D eigenvalue weighted by molar-refractivity contribution is 1.09. The molecule has 1 aromatic carbocycles. The number of hydrogen-bond donors (Lipinski definition) is 1. The third-order valence-corrected chi connectivity index (χ3v) is 4.59. The average Bonchev–Trinajstić information content (AvgIpc) is 2.83. The van der Waals surface area contributed by atoms with Gasteiger partial charge in [0.25, 0.3) is 0 Å². The highest BCUT2D eigenvalue weighted by Gasteiger charge is 2.08. The third kappa shape index (κ3) is 2.39. The molecule has 0 saturated carbocycles. The van der Waals surface area contributed by atoms with E-state index in [9.17, 15) is 0 Å². The topological polar surface area (TPSA) is 37.8 Å². The summed E-state index contributed by atoms with van der Waals surface area (Å²) in [7, 11) is 0. The summed E-state index contributed by atoms with van der Waals surface area (Å²) < 4.78 is 0. The average molecular weight is 283 g/mol. The fraction of sp³-hybridized carbons (Fsp3) is 0.250. The van der Waals surface area contributed by atoms with Crippen molar-refractivity contribution in [2.45, 2.75) is 27.3 Å². The van der Waals surface area contributed by atoms with E-state index in [4.69, 9.17) is 0 Å². The molecule has 20 heavy (non-hydrogen) atoms. The molecule has 102 valence electrons. The quantitative estimate of drug-likeness (QED) is 0.781. The molecule has 3 nitrogen and oxygen atoms in total. The molecule has 3 rings (SSSR count). The minimum Gasteiger partial charge on any atom is -0.365 e. The maximum Gasteiger partial charge on any atom is 0.138 e. The van der Waals surface area contributed by atoms with E-state index in [-0.39, 0.29) is 0 Å². The number of thiophene rings is 1. The van der Waals surface area contributed by atoms with E-state index in [1.807, 2.05) is 0 Å². The Morgan fingerprint density at radius 1 is 1.05 bits per heavy atom. The van der Waals surface area contributed by atoms with Gasteiger partial charge in [0.1, 0.15) is 17.0 Å². The monoisotopic (exact) mass is 283 g/mol. The molecule has 0 fully saturated rings. The van der Waals surface area contributed by atoms with E-state index in [0.717, 1.165) is 22.6 Å². The van der Waals surface area contributed by atoms with Crippen LogP contribution in [0.25, 0.3) is 10.2 Å². The number of aryl methyl sites for hydroxylation is 3. The van der Waals surface area contributed by atoms with Crippen LogP contribution in [-0.2, 0) is 6.54 Å². The van der Waals surface area contributed by atoms with Crippen LogP contribution in [0.4, 0.5) is 5.82 Å². The van der Waals surface area contributed by atoms with Gasteiger partial charge in [-0.3, -0.25) is 0 Å². The molecular formula is C16H17N3S. The van der Waals surface area contributed by atoms with Crippen molar-refractivity contribution in [2.24, 2.45) is 0 Å². The summed E-state index contributed by atoms with van der Waals surface area (Å²) >= 11 is 1.66. The highest BCUT2D eigenvalue weighted by molar-refractivity contribution is 7.17. The van der Waals surface area contributed by atoms with Crippen molar-refractivity contribution in [1.29, 1.82) is 0 Å². The maximum atomic E-state index is 4.38. The van der Waals surface area contributed by atoms with E-state index >= 15 is 0 Å². The second-order valence-corrected chi connectivity index (χ2v) is 5.95. The first-order valence-electron chi connectivity index (χ1n) is 6.64. The molecule has 1 N–H and O–H groups in total. The number of fused-ring (bicyclic) bond motifs is 1. The predicted molar refractivity (Wildman–Crippen MR) is 85.4 cm³/mol. The van der Waals surface area contributed by atoms with Gasteiger partial charge in [-0.25, -0.2) is 9.97 Å². The van der Waals surface area contributed by atoms with Gasteiger partial charge in [-0.2, -0.15) is 0 Å². The van der Waals surface area contributed by atoms with Crippen LogP contribution < -0.4 is 5.32 Å². The first-order chi connectivity index (χ1) is 9.65. The maximum absolute atomic E-state index is 4.38. The molecule has 0 aliphatic heterocycles. The second kappa shape index (κ2) is 5.21. The number of nitrogens with zero attached hydrogens (tertiary/aromatic N) is 2. The predicted octanol–water partition coefficient (Wildman–Crippen LogP) is 4.23. The van der Waals surface area contributed by atoms with Gasteiger partial charge in [-0.15, -0.1) is 11.3 Å². The number of aromatic nitrogens is 2. The number of hydrogen-bond acceptors (Lipinski definition) is 4. The van der Waals surface area contributed by atoms with Crippen molar-refractivity contribution in [3.63, 3.8) is 0 Å². The molecule has 0 atom stereocenters. The zero-order valence-electron chi connectivity index (χ0n) is 11.9. The van der Waals surface area contributed by atoms with Crippen LogP contribution in [0.2, 0.25) is 0 Å². The molecular weight excluding hydrogens is 266 g/mol. The number of anilines is 1. The van der Waals surface area contributed by atoms with Crippen LogP contribution in [0, 0.1) is 20.8 Å². The summed E-state index contributed by atoms with van der Waals surface area (Å²) in [5, 5.41) is 6.70. The molecule has 2 aromatic heterocycles. The Hall–Kier alpha value is -1.94. The van der Waals surface area contributed by atoms with E-state index in [2.05, 4.69) is 59.6 Å². The van der Waals surface area contributed by atoms with Crippen molar-refractivity contribution in [3.05, 3.63) is 52.2 Å². The molecule has 0 amide bonds. The van der Waals surface area contributed by atoms with Crippen LogP contribution >= 0.6 is 11.3 Å². The molecule has 0 aliphatic carbocycles. The number of rotatable bonds is 3. The Bertz CT molecular complexity index is 762. The van der Waals surface area contributed by atoms with Crippen LogP contribution in [-0.4, -0.2) is 9.97 Å². The minimum absolute atomic E-state index is 0.780. The van der Waals surface area contributed by atoms with Gasteiger partial charge in [0, 0.05) is 6.54 Å². The lowest BCUT2D eigenvalue weighted by Gasteiger charge is -2.09. The zero-order valence-corrected chi connectivity index (χ0v) is 12.7. The fourth-order valence-corrected chi connectivity index (χ4v) is 3.14. The smallest absolute Gasteiger partial charge is 0.138 e. The molecule has 4 heteroatoms. The largest absolute Gasteiger partial charge is 0.365 e. The SMILES string of the molecule is Cc1ccc(CNc2ncnc3scc(C)c23)cc1C. The number of nitrogens with one attached hydrogen (secondary N) is 1. The highest BCUT2D eigenvalue weighted by Crippen LogP contribution is 2.28. The van der Waals surface area contributed by atoms with Crippen molar-refractivity contribution in [3.8, 4) is 0 Å². The summed E-state index contributed by atoms with van der Waals surface area (Å²) in [5.41, 5.74) is 5.15.